The number of fused-ring (bicyclic) bond motifs is 1. The van der Waals surface area contributed by atoms with Crippen LogP contribution in [0.5, 0.6) is 0 Å². The molecular formula is C18H29N3. The summed E-state index contributed by atoms with van der Waals surface area (Å²) in [6.07, 6.45) is 3.47. The first-order chi connectivity index (χ1) is 10.2. The van der Waals surface area contributed by atoms with Crippen molar-refractivity contribution in [1.29, 1.82) is 0 Å². The van der Waals surface area contributed by atoms with Gasteiger partial charge in [0, 0.05) is 24.4 Å². The lowest BCUT2D eigenvalue weighted by molar-refractivity contribution is 0.334. The van der Waals surface area contributed by atoms with Crippen LogP contribution in [0.15, 0.2) is 24.3 Å². The zero-order valence-corrected chi connectivity index (χ0v) is 13.9. The average Bonchev–Trinajstić information content (AvgIpc) is 2.87. The summed E-state index contributed by atoms with van der Waals surface area (Å²) in [4.78, 5) is 0. The summed E-state index contributed by atoms with van der Waals surface area (Å²) in [5.74, 6) is 0.718. The van der Waals surface area contributed by atoms with Crippen molar-refractivity contribution in [2.45, 2.75) is 59.5 Å². The second kappa shape index (κ2) is 7.60. The fourth-order valence-corrected chi connectivity index (χ4v) is 3.32. The molecular weight excluding hydrogens is 258 g/mol. The van der Waals surface area contributed by atoms with Gasteiger partial charge in [-0.2, -0.15) is 5.10 Å². The van der Waals surface area contributed by atoms with Crippen LogP contribution in [0.2, 0.25) is 0 Å². The Morgan fingerprint density at radius 1 is 1.10 bits per heavy atom. The molecule has 0 saturated carbocycles. The van der Waals surface area contributed by atoms with E-state index in [0.717, 1.165) is 25.4 Å². The second-order valence-corrected chi connectivity index (χ2v) is 5.72. The highest BCUT2D eigenvalue weighted by Gasteiger charge is 2.21. The van der Waals surface area contributed by atoms with E-state index < -0.39 is 0 Å². The second-order valence-electron chi connectivity index (χ2n) is 5.72. The van der Waals surface area contributed by atoms with E-state index in [0.29, 0.717) is 6.04 Å². The molecule has 116 valence electrons. The molecule has 0 radical (unpaired) electrons. The number of rotatable bonds is 8. The first-order valence-electron chi connectivity index (χ1n) is 8.42. The molecule has 1 atom stereocenters. The predicted molar refractivity (Wildman–Crippen MR) is 90.6 cm³/mol. The molecule has 1 aromatic heterocycles. The molecule has 1 N–H and O–H groups in total. The zero-order chi connectivity index (χ0) is 15.2. The molecule has 0 bridgehead atoms. The molecule has 0 fully saturated rings. The van der Waals surface area contributed by atoms with Crippen LogP contribution in [0, 0.1) is 5.92 Å². The minimum Gasteiger partial charge on any atom is -0.314 e. The molecule has 1 heterocycles. The minimum absolute atomic E-state index is 0.522. The summed E-state index contributed by atoms with van der Waals surface area (Å²) >= 11 is 0. The van der Waals surface area contributed by atoms with Gasteiger partial charge in [0.05, 0.1) is 11.2 Å². The quantitative estimate of drug-likeness (QED) is 0.795. The largest absolute Gasteiger partial charge is 0.314 e. The van der Waals surface area contributed by atoms with Crippen LogP contribution in [0.25, 0.3) is 10.9 Å². The number of benzene rings is 1. The van der Waals surface area contributed by atoms with E-state index in [1.807, 2.05) is 0 Å². The summed E-state index contributed by atoms with van der Waals surface area (Å²) < 4.78 is 2.13. The van der Waals surface area contributed by atoms with Gasteiger partial charge in [0.25, 0.3) is 0 Å². The van der Waals surface area contributed by atoms with Gasteiger partial charge in [-0.3, -0.25) is 4.68 Å². The van der Waals surface area contributed by atoms with Gasteiger partial charge >= 0.3 is 0 Å². The fourth-order valence-electron chi connectivity index (χ4n) is 3.32. The van der Waals surface area contributed by atoms with Gasteiger partial charge in [0.2, 0.25) is 0 Å². The standard InChI is InChI=1S/C18H29N3/c1-5-14(6-2)16(19-7-3)13-17-15-11-9-10-12-18(15)21(8-4)20-17/h9-12,14,16,19H,5-8,13H2,1-4H3. The number of hydrogen-bond acceptors (Lipinski definition) is 2. The monoisotopic (exact) mass is 287 g/mol. The molecule has 3 heteroatoms. The van der Waals surface area contributed by atoms with E-state index in [1.54, 1.807) is 0 Å². The minimum atomic E-state index is 0.522. The summed E-state index contributed by atoms with van der Waals surface area (Å²) in [5.41, 5.74) is 2.50. The molecule has 0 aliphatic rings. The van der Waals surface area contributed by atoms with Crippen LogP contribution >= 0.6 is 0 Å². The van der Waals surface area contributed by atoms with Gasteiger partial charge in [-0.15, -0.1) is 0 Å². The number of hydrogen-bond donors (Lipinski definition) is 1. The van der Waals surface area contributed by atoms with E-state index in [4.69, 9.17) is 5.10 Å². The lowest BCUT2D eigenvalue weighted by Gasteiger charge is -2.25. The zero-order valence-electron chi connectivity index (χ0n) is 13.9. The maximum absolute atomic E-state index is 4.86. The molecule has 0 aliphatic carbocycles. The van der Waals surface area contributed by atoms with E-state index in [2.05, 4.69) is 62.0 Å². The van der Waals surface area contributed by atoms with Crippen LogP contribution < -0.4 is 5.32 Å². The smallest absolute Gasteiger partial charge is 0.0718 e. The lowest BCUT2D eigenvalue weighted by Crippen LogP contribution is -2.37. The number of aryl methyl sites for hydroxylation is 1. The Kier molecular flexibility index (Phi) is 5.80. The maximum Gasteiger partial charge on any atom is 0.0718 e. The number of aromatic nitrogens is 2. The maximum atomic E-state index is 4.86. The molecule has 1 unspecified atom stereocenters. The van der Waals surface area contributed by atoms with Crippen molar-refractivity contribution in [3.8, 4) is 0 Å². The topological polar surface area (TPSA) is 29.9 Å². The van der Waals surface area contributed by atoms with E-state index in [9.17, 15) is 0 Å². The Morgan fingerprint density at radius 2 is 1.81 bits per heavy atom. The fraction of sp³-hybridized carbons (Fsp3) is 0.611. The highest BCUT2D eigenvalue weighted by atomic mass is 15.3. The van der Waals surface area contributed by atoms with Crippen LogP contribution in [-0.4, -0.2) is 22.4 Å². The molecule has 0 saturated heterocycles. The molecule has 0 spiro atoms. The van der Waals surface area contributed by atoms with Gasteiger partial charge < -0.3 is 5.32 Å². The van der Waals surface area contributed by atoms with Crippen molar-refractivity contribution in [3.05, 3.63) is 30.0 Å². The molecule has 0 aliphatic heterocycles. The first-order valence-corrected chi connectivity index (χ1v) is 8.42. The summed E-state index contributed by atoms with van der Waals surface area (Å²) in [5, 5.41) is 9.85. The molecule has 2 rings (SSSR count). The molecule has 2 aromatic rings. The van der Waals surface area contributed by atoms with Crippen LogP contribution in [0.1, 0.15) is 46.2 Å². The summed E-state index contributed by atoms with van der Waals surface area (Å²) in [7, 11) is 0. The predicted octanol–water partition coefficient (Wildman–Crippen LogP) is 4.01. The van der Waals surface area contributed by atoms with Gasteiger partial charge in [-0.25, -0.2) is 0 Å². The molecule has 1 aromatic carbocycles. The first kappa shape index (κ1) is 16.0. The third kappa shape index (κ3) is 3.46. The van der Waals surface area contributed by atoms with E-state index >= 15 is 0 Å². The third-order valence-corrected chi connectivity index (χ3v) is 4.53. The van der Waals surface area contributed by atoms with Crippen molar-refractivity contribution in [3.63, 3.8) is 0 Å². The Bertz CT molecular complexity index is 555. The van der Waals surface area contributed by atoms with E-state index in [-0.39, 0.29) is 0 Å². The summed E-state index contributed by atoms with van der Waals surface area (Å²) in [6, 6.07) is 9.12. The third-order valence-electron chi connectivity index (χ3n) is 4.53. The average molecular weight is 287 g/mol. The molecule has 21 heavy (non-hydrogen) atoms. The Balaban J connectivity index is 2.32. The normalized spacial score (nSPS) is 13.2. The Hall–Kier alpha value is -1.35. The van der Waals surface area contributed by atoms with Crippen LogP contribution in [-0.2, 0) is 13.0 Å². The van der Waals surface area contributed by atoms with Crippen molar-refractivity contribution in [2.24, 2.45) is 5.92 Å². The highest BCUT2D eigenvalue weighted by Crippen LogP contribution is 2.23. The van der Waals surface area contributed by atoms with Gasteiger partial charge in [-0.1, -0.05) is 51.8 Å². The van der Waals surface area contributed by atoms with Crippen molar-refractivity contribution < 1.29 is 0 Å². The van der Waals surface area contributed by atoms with Crippen LogP contribution in [0.4, 0.5) is 0 Å². The lowest BCUT2D eigenvalue weighted by atomic mass is 9.90. The van der Waals surface area contributed by atoms with Gasteiger partial charge in [-0.05, 0) is 25.5 Å². The van der Waals surface area contributed by atoms with E-state index in [1.165, 1.54) is 29.4 Å². The SMILES string of the molecule is CCNC(Cc1nn(CC)c2ccccc12)C(CC)CC. The number of nitrogens with zero attached hydrogens (tertiary/aromatic N) is 2. The van der Waals surface area contributed by atoms with Gasteiger partial charge in [0.15, 0.2) is 0 Å². The van der Waals surface area contributed by atoms with Crippen molar-refractivity contribution >= 4 is 10.9 Å². The Morgan fingerprint density at radius 3 is 2.43 bits per heavy atom. The van der Waals surface area contributed by atoms with Gasteiger partial charge in [0.1, 0.15) is 0 Å². The summed E-state index contributed by atoms with van der Waals surface area (Å²) in [6.45, 7) is 10.9. The number of likely N-dealkylation sites (N-methyl/N-ethyl adjacent to an activating group) is 1. The number of nitrogens with one attached hydrogen (secondary N) is 1. The Labute approximate surface area is 128 Å². The molecule has 0 amide bonds. The highest BCUT2D eigenvalue weighted by molar-refractivity contribution is 5.82. The van der Waals surface area contributed by atoms with Crippen LogP contribution in [0.3, 0.4) is 0 Å². The number of para-hydroxylation sites is 1. The van der Waals surface area contributed by atoms with Crippen molar-refractivity contribution in [2.75, 3.05) is 6.54 Å². The molecule has 3 nitrogen and oxygen atoms in total. The van der Waals surface area contributed by atoms with Crippen molar-refractivity contribution in [1.82, 2.24) is 15.1 Å².